The van der Waals surface area contributed by atoms with Crippen molar-refractivity contribution < 1.29 is 9.53 Å². The highest BCUT2D eigenvalue weighted by Crippen LogP contribution is 2.32. The highest BCUT2D eigenvalue weighted by atomic mass is 32.1. The van der Waals surface area contributed by atoms with Crippen molar-refractivity contribution >= 4 is 17.2 Å². The van der Waals surface area contributed by atoms with Crippen LogP contribution in [0.2, 0.25) is 0 Å². The lowest BCUT2D eigenvalue weighted by Crippen LogP contribution is -2.38. The van der Waals surface area contributed by atoms with Crippen LogP contribution < -0.4 is 4.74 Å². The summed E-state index contributed by atoms with van der Waals surface area (Å²) >= 11 is 1.65. The van der Waals surface area contributed by atoms with Gasteiger partial charge in [0.05, 0.1) is 12.6 Å². The van der Waals surface area contributed by atoms with Crippen molar-refractivity contribution in [1.29, 1.82) is 0 Å². The number of ether oxygens (including phenoxy) is 1. The fraction of sp³-hybridized carbons (Fsp3) is 0.474. The van der Waals surface area contributed by atoms with Crippen LogP contribution in [-0.2, 0) is 11.2 Å². The van der Waals surface area contributed by atoms with Gasteiger partial charge in [-0.3, -0.25) is 4.79 Å². The minimum Gasteiger partial charge on any atom is -0.494 e. The normalized spacial score (nSPS) is 17.7. The van der Waals surface area contributed by atoms with Crippen LogP contribution in [0.25, 0.3) is 0 Å². The fourth-order valence-electron chi connectivity index (χ4n) is 3.20. The summed E-state index contributed by atoms with van der Waals surface area (Å²) in [5.41, 5.74) is 1.18. The van der Waals surface area contributed by atoms with E-state index in [1.54, 1.807) is 11.3 Å². The molecule has 128 valence electrons. The first kappa shape index (κ1) is 17.0. The van der Waals surface area contributed by atoms with E-state index >= 15 is 0 Å². The monoisotopic (exact) mass is 344 g/mol. The molecule has 1 atom stereocenters. The Hall–Kier alpha value is -1.88. The molecular weight excluding hydrogens is 320 g/mol. The highest BCUT2D eigenvalue weighted by molar-refractivity contribution is 7.09. The van der Waals surface area contributed by atoms with Gasteiger partial charge in [0, 0.05) is 24.5 Å². The minimum absolute atomic E-state index is 0.173. The summed E-state index contributed by atoms with van der Waals surface area (Å²) in [6.07, 6.45) is 6.45. The molecule has 0 N–H and O–H groups in total. The Morgan fingerprint density at radius 2 is 2.17 bits per heavy atom. The van der Waals surface area contributed by atoms with Crippen LogP contribution in [0.15, 0.2) is 35.8 Å². The summed E-state index contributed by atoms with van der Waals surface area (Å²) in [6, 6.07) is 8.22. The number of aryl methyl sites for hydroxylation is 1. The summed E-state index contributed by atoms with van der Waals surface area (Å²) < 4.78 is 5.46. The third kappa shape index (κ3) is 4.15. The summed E-state index contributed by atoms with van der Waals surface area (Å²) in [6.45, 7) is 3.50. The predicted octanol–water partition coefficient (Wildman–Crippen LogP) is 4.23. The molecule has 1 fully saturated rings. The van der Waals surface area contributed by atoms with Gasteiger partial charge in [0.25, 0.3) is 0 Å². The van der Waals surface area contributed by atoms with Crippen molar-refractivity contribution in [2.24, 2.45) is 0 Å². The smallest absolute Gasteiger partial charge is 0.223 e. The second-order valence-corrected chi connectivity index (χ2v) is 6.97. The average Bonchev–Trinajstić information content (AvgIpc) is 3.16. The lowest BCUT2D eigenvalue weighted by atomic mass is 10.0. The molecule has 1 aromatic carbocycles. The van der Waals surface area contributed by atoms with Crippen LogP contribution in [0.3, 0.4) is 0 Å². The molecule has 0 aliphatic carbocycles. The predicted molar refractivity (Wildman–Crippen MR) is 96.4 cm³/mol. The summed E-state index contributed by atoms with van der Waals surface area (Å²) in [5.74, 6) is 1.12. The van der Waals surface area contributed by atoms with E-state index in [2.05, 4.69) is 4.98 Å². The van der Waals surface area contributed by atoms with Gasteiger partial charge < -0.3 is 9.64 Å². The standard InChI is InChI=1S/C19H24N2O2S/c1-2-23-16-9-6-15(7-10-16)8-11-18(22)21-13-4-3-5-17(21)19-20-12-14-24-19/h6-7,9-10,12,14,17H,2-5,8,11,13H2,1H3. The van der Waals surface area contributed by atoms with E-state index in [4.69, 9.17) is 4.74 Å². The first-order valence-electron chi connectivity index (χ1n) is 8.68. The van der Waals surface area contributed by atoms with E-state index in [0.717, 1.165) is 36.6 Å². The molecule has 1 aliphatic heterocycles. The maximum atomic E-state index is 12.7. The molecule has 1 aromatic heterocycles. The van der Waals surface area contributed by atoms with Gasteiger partial charge in [0.1, 0.15) is 10.8 Å². The molecule has 3 rings (SSSR count). The molecule has 1 aliphatic rings. The number of thiazole rings is 1. The van der Waals surface area contributed by atoms with Gasteiger partial charge in [-0.2, -0.15) is 0 Å². The van der Waals surface area contributed by atoms with Crippen molar-refractivity contribution in [1.82, 2.24) is 9.88 Å². The van der Waals surface area contributed by atoms with E-state index in [9.17, 15) is 4.79 Å². The molecule has 1 saturated heterocycles. The van der Waals surface area contributed by atoms with Crippen molar-refractivity contribution in [3.63, 3.8) is 0 Å². The lowest BCUT2D eigenvalue weighted by Gasteiger charge is -2.34. The number of carbonyl (C=O) groups is 1. The van der Waals surface area contributed by atoms with Gasteiger partial charge in [0.15, 0.2) is 0 Å². The maximum absolute atomic E-state index is 12.7. The molecule has 1 unspecified atom stereocenters. The molecule has 2 heterocycles. The van der Waals surface area contributed by atoms with E-state index in [1.165, 1.54) is 12.0 Å². The first-order chi connectivity index (χ1) is 11.8. The van der Waals surface area contributed by atoms with Crippen LogP contribution in [0.5, 0.6) is 5.75 Å². The Morgan fingerprint density at radius 3 is 2.88 bits per heavy atom. The summed E-state index contributed by atoms with van der Waals surface area (Å²) in [4.78, 5) is 19.2. The SMILES string of the molecule is CCOc1ccc(CCC(=O)N2CCCCC2c2nccs2)cc1. The lowest BCUT2D eigenvalue weighted by molar-refractivity contribution is -0.135. The van der Waals surface area contributed by atoms with Crippen molar-refractivity contribution in [2.45, 2.75) is 45.1 Å². The number of hydrogen-bond acceptors (Lipinski definition) is 4. The third-order valence-electron chi connectivity index (χ3n) is 4.42. The van der Waals surface area contributed by atoms with Crippen molar-refractivity contribution in [2.75, 3.05) is 13.2 Å². The van der Waals surface area contributed by atoms with Gasteiger partial charge in [-0.05, 0) is 50.3 Å². The second-order valence-electron chi connectivity index (χ2n) is 6.05. The number of likely N-dealkylation sites (tertiary alicyclic amines) is 1. The van der Waals surface area contributed by atoms with Crippen LogP contribution in [-0.4, -0.2) is 28.9 Å². The van der Waals surface area contributed by atoms with Crippen molar-refractivity contribution in [3.8, 4) is 5.75 Å². The molecule has 24 heavy (non-hydrogen) atoms. The molecule has 0 saturated carbocycles. The Morgan fingerprint density at radius 1 is 1.33 bits per heavy atom. The molecule has 0 spiro atoms. The molecule has 1 amide bonds. The largest absolute Gasteiger partial charge is 0.494 e. The van der Waals surface area contributed by atoms with Gasteiger partial charge >= 0.3 is 0 Å². The number of nitrogens with zero attached hydrogens (tertiary/aromatic N) is 2. The summed E-state index contributed by atoms with van der Waals surface area (Å²) in [7, 11) is 0. The van der Waals surface area contributed by atoms with E-state index in [1.807, 2.05) is 47.7 Å². The number of benzene rings is 1. The van der Waals surface area contributed by atoms with E-state index in [-0.39, 0.29) is 11.9 Å². The van der Waals surface area contributed by atoms with Gasteiger partial charge in [-0.1, -0.05) is 12.1 Å². The quantitative estimate of drug-likeness (QED) is 0.787. The zero-order valence-electron chi connectivity index (χ0n) is 14.1. The second kappa shape index (κ2) is 8.29. The molecule has 0 radical (unpaired) electrons. The van der Waals surface area contributed by atoms with Crippen LogP contribution in [0.4, 0.5) is 0 Å². The first-order valence-corrected chi connectivity index (χ1v) is 9.56. The average molecular weight is 344 g/mol. The Labute approximate surface area is 147 Å². The third-order valence-corrected chi connectivity index (χ3v) is 5.30. The number of amides is 1. The number of aromatic nitrogens is 1. The topological polar surface area (TPSA) is 42.4 Å². The number of rotatable bonds is 6. The van der Waals surface area contributed by atoms with Gasteiger partial charge in [0.2, 0.25) is 5.91 Å². The Bertz CT molecular complexity index is 640. The minimum atomic E-state index is 0.173. The number of hydrogen-bond donors (Lipinski definition) is 0. The van der Waals surface area contributed by atoms with E-state index in [0.29, 0.717) is 13.0 Å². The van der Waals surface area contributed by atoms with Crippen LogP contribution in [0.1, 0.15) is 49.2 Å². The van der Waals surface area contributed by atoms with Crippen LogP contribution in [0, 0.1) is 0 Å². The molecule has 5 heteroatoms. The summed E-state index contributed by atoms with van der Waals surface area (Å²) in [5, 5.41) is 3.07. The van der Waals surface area contributed by atoms with Gasteiger partial charge in [-0.15, -0.1) is 11.3 Å². The van der Waals surface area contributed by atoms with Crippen LogP contribution >= 0.6 is 11.3 Å². The molecule has 4 nitrogen and oxygen atoms in total. The maximum Gasteiger partial charge on any atom is 0.223 e. The van der Waals surface area contributed by atoms with E-state index < -0.39 is 0 Å². The molecule has 2 aromatic rings. The fourth-order valence-corrected chi connectivity index (χ4v) is 3.98. The van der Waals surface area contributed by atoms with Gasteiger partial charge in [-0.25, -0.2) is 4.98 Å². The Balaban J connectivity index is 1.59. The number of piperidine rings is 1. The zero-order chi connectivity index (χ0) is 16.8. The van der Waals surface area contributed by atoms with Crippen molar-refractivity contribution in [3.05, 3.63) is 46.4 Å². The molecule has 0 bridgehead atoms. The Kier molecular flexibility index (Phi) is 5.86. The number of carbonyl (C=O) groups excluding carboxylic acids is 1. The zero-order valence-corrected chi connectivity index (χ0v) is 14.9. The molecular formula is C19H24N2O2S. The highest BCUT2D eigenvalue weighted by Gasteiger charge is 2.29.